The highest BCUT2D eigenvalue weighted by Gasteiger charge is 1.94. The van der Waals surface area contributed by atoms with E-state index in [1.807, 2.05) is 30.3 Å². The Morgan fingerprint density at radius 2 is 1.42 bits per heavy atom. The molecule has 0 radical (unpaired) electrons. The normalized spacial score (nSPS) is 9.53. The molecule has 0 fully saturated rings. The Morgan fingerprint density at radius 1 is 0.842 bits per heavy atom. The van der Waals surface area contributed by atoms with E-state index in [9.17, 15) is 0 Å². The van der Waals surface area contributed by atoms with Crippen LogP contribution in [0, 0.1) is 0 Å². The second kappa shape index (κ2) is 14.8. The van der Waals surface area contributed by atoms with E-state index >= 15 is 0 Å². The lowest BCUT2D eigenvalue weighted by Crippen LogP contribution is -1.99. The molecular formula is C17H28O2. The molecule has 0 heterocycles. The maximum Gasteiger partial charge on any atom is 0.165 e. The van der Waals surface area contributed by atoms with Crippen LogP contribution in [0.3, 0.4) is 0 Å². The van der Waals surface area contributed by atoms with Crippen molar-refractivity contribution in [3.63, 3.8) is 0 Å². The van der Waals surface area contributed by atoms with Gasteiger partial charge in [0.1, 0.15) is 0 Å². The van der Waals surface area contributed by atoms with Gasteiger partial charge in [0.15, 0.2) is 5.75 Å². The first-order valence-electron chi connectivity index (χ1n) is 7.28. The fourth-order valence-electron chi connectivity index (χ4n) is 1.70. The number of hydrogen-bond acceptors (Lipinski definition) is 2. The van der Waals surface area contributed by atoms with Gasteiger partial charge in [-0.3, -0.25) is 0 Å². The maximum absolute atomic E-state index is 5.15. The van der Waals surface area contributed by atoms with E-state index in [1.165, 1.54) is 38.5 Å². The van der Waals surface area contributed by atoms with Crippen molar-refractivity contribution in [3.8, 4) is 5.75 Å². The number of unbranched alkanes of at least 4 members (excludes halogenated alkanes) is 6. The van der Waals surface area contributed by atoms with Gasteiger partial charge in [-0.2, -0.15) is 4.89 Å². The van der Waals surface area contributed by atoms with E-state index in [0.717, 1.165) is 12.2 Å². The lowest BCUT2D eigenvalue weighted by molar-refractivity contribution is -0.207. The first-order chi connectivity index (χ1) is 9.43. The third kappa shape index (κ3) is 11.5. The highest BCUT2D eigenvalue weighted by molar-refractivity contribution is 5.20. The topological polar surface area (TPSA) is 18.5 Å². The molecule has 19 heavy (non-hydrogen) atoms. The van der Waals surface area contributed by atoms with Gasteiger partial charge in [-0.25, -0.2) is 0 Å². The maximum atomic E-state index is 5.15. The van der Waals surface area contributed by atoms with Gasteiger partial charge in [0.25, 0.3) is 0 Å². The number of benzene rings is 1. The fourth-order valence-corrected chi connectivity index (χ4v) is 1.70. The van der Waals surface area contributed by atoms with Gasteiger partial charge >= 0.3 is 0 Å². The summed E-state index contributed by atoms with van der Waals surface area (Å²) in [6.45, 7) is 8.93. The van der Waals surface area contributed by atoms with Crippen molar-refractivity contribution in [2.24, 2.45) is 0 Å². The summed E-state index contributed by atoms with van der Waals surface area (Å²) in [7, 11) is 0. The Bertz CT molecular complexity index is 272. The van der Waals surface area contributed by atoms with E-state index in [4.69, 9.17) is 9.78 Å². The van der Waals surface area contributed by atoms with Crippen molar-refractivity contribution in [2.75, 3.05) is 6.61 Å². The highest BCUT2D eigenvalue weighted by Crippen LogP contribution is 2.10. The fraction of sp³-hybridized carbons (Fsp3) is 0.529. The molecule has 0 saturated heterocycles. The van der Waals surface area contributed by atoms with Crippen molar-refractivity contribution in [2.45, 2.75) is 51.9 Å². The molecule has 1 aromatic rings. The molecule has 0 atom stereocenters. The minimum Gasteiger partial charge on any atom is -0.338 e. The van der Waals surface area contributed by atoms with Crippen LogP contribution in [0.5, 0.6) is 5.75 Å². The van der Waals surface area contributed by atoms with Gasteiger partial charge in [-0.05, 0) is 18.6 Å². The Kier molecular flexibility index (Phi) is 13.8. The molecule has 0 saturated carbocycles. The van der Waals surface area contributed by atoms with Crippen molar-refractivity contribution in [1.29, 1.82) is 0 Å². The summed E-state index contributed by atoms with van der Waals surface area (Å²) < 4.78 is 0. The van der Waals surface area contributed by atoms with E-state index in [-0.39, 0.29) is 0 Å². The largest absolute Gasteiger partial charge is 0.338 e. The Balaban J connectivity index is 0.00000154. The smallest absolute Gasteiger partial charge is 0.165 e. The second-order valence-electron chi connectivity index (χ2n) is 4.34. The van der Waals surface area contributed by atoms with Gasteiger partial charge in [0.2, 0.25) is 0 Å². The molecule has 1 rings (SSSR count). The van der Waals surface area contributed by atoms with Gasteiger partial charge in [0.05, 0.1) is 6.61 Å². The van der Waals surface area contributed by atoms with Crippen LogP contribution < -0.4 is 4.89 Å². The van der Waals surface area contributed by atoms with Crippen LogP contribution in [-0.2, 0) is 4.89 Å². The number of para-hydroxylation sites is 1. The van der Waals surface area contributed by atoms with Crippen LogP contribution in [0.15, 0.2) is 43.5 Å². The van der Waals surface area contributed by atoms with Gasteiger partial charge < -0.3 is 4.89 Å². The molecule has 0 amide bonds. The highest BCUT2D eigenvalue weighted by atomic mass is 17.2. The number of hydrogen-bond donors (Lipinski definition) is 0. The van der Waals surface area contributed by atoms with Crippen LogP contribution in [0.25, 0.3) is 0 Å². The molecule has 0 bridgehead atoms. The van der Waals surface area contributed by atoms with Crippen LogP contribution >= 0.6 is 0 Å². The van der Waals surface area contributed by atoms with Crippen LogP contribution in [0.1, 0.15) is 51.9 Å². The molecule has 0 aliphatic heterocycles. The summed E-state index contributed by atoms with van der Waals surface area (Å²) in [5.41, 5.74) is 0. The van der Waals surface area contributed by atoms with E-state index < -0.39 is 0 Å². The average molecular weight is 264 g/mol. The van der Waals surface area contributed by atoms with Crippen molar-refractivity contribution in [3.05, 3.63) is 43.5 Å². The average Bonchev–Trinajstić information content (AvgIpc) is 2.49. The zero-order chi connectivity index (χ0) is 14.2. The lowest BCUT2D eigenvalue weighted by atomic mass is 10.1. The first-order valence-corrected chi connectivity index (χ1v) is 7.28. The Hall–Kier alpha value is -1.28. The summed E-state index contributed by atoms with van der Waals surface area (Å²) in [6.07, 6.45) is 9.04. The number of rotatable bonds is 10. The van der Waals surface area contributed by atoms with Crippen LogP contribution in [-0.4, -0.2) is 6.61 Å². The van der Waals surface area contributed by atoms with E-state index in [2.05, 4.69) is 20.1 Å². The first kappa shape index (κ1) is 17.7. The van der Waals surface area contributed by atoms with Gasteiger partial charge in [-0.15, -0.1) is 13.2 Å². The molecule has 0 N–H and O–H groups in total. The molecule has 0 spiro atoms. The summed E-state index contributed by atoms with van der Waals surface area (Å²) >= 11 is 0. The van der Waals surface area contributed by atoms with Crippen molar-refractivity contribution < 1.29 is 9.78 Å². The molecule has 2 nitrogen and oxygen atoms in total. The van der Waals surface area contributed by atoms with E-state index in [1.54, 1.807) is 0 Å². The summed E-state index contributed by atoms with van der Waals surface area (Å²) in [6, 6.07) is 9.62. The molecule has 2 heteroatoms. The standard InChI is InChI=1S/C15H24O2.C2H4/c1-2-3-4-5-6-7-11-14-16-17-15-12-9-8-10-13-15;1-2/h8-10,12-13H,2-7,11,14H2,1H3;1-2H2. The predicted molar refractivity (Wildman–Crippen MR) is 82.3 cm³/mol. The van der Waals surface area contributed by atoms with Crippen molar-refractivity contribution in [1.82, 2.24) is 0 Å². The molecule has 0 aromatic heterocycles. The summed E-state index contributed by atoms with van der Waals surface area (Å²) in [5.74, 6) is 0.774. The van der Waals surface area contributed by atoms with E-state index in [0.29, 0.717) is 6.61 Å². The molecule has 1 aromatic carbocycles. The van der Waals surface area contributed by atoms with Gasteiger partial charge in [-0.1, -0.05) is 63.6 Å². The SMILES string of the molecule is C=C.CCCCCCCCCOOc1ccccc1. The zero-order valence-electron chi connectivity index (χ0n) is 12.3. The summed E-state index contributed by atoms with van der Waals surface area (Å²) in [4.78, 5) is 10.3. The third-order valence-electron chi connectivity index (χ3n) is 2.73. The molecule has 108 valence electrons. The molecular weight excluding hydrogens is 236 g/mol. The molecule has 0 unspecified atom stereocenters. The summed E-state index contributed by atoms with van der Waals surface area (Å²) in [5, 5.41) is 0. The molecule has 0 aliphatic rings. The Labute approximate surface area is 118 Å². The van der Waals surface area contributed by atoms with Crippen molar-refractivity contribution >= 4 is 0 Å². The molecule has 0 aliphatic carbocycles. The monoisotopic (exact) mass is 264 g/mol. The Morgan fingerprint density at radius 3 is 2.05 bits per heavy atom. The van der Waals surface area contributed by atoms with Gasteiger partial charge in [0, 0.05) is 0 Å². The minimum absolute atomic E-state index is 0.683. The third-order valence-corrected chi connectivity index (χ3v) is 2.73. The second-order valence-corrected chi connectivity index (χ2v) is 4.34. The lowest BCUT2D eigenvalue weighted by Gasteiger charge is -2.04. The zero-order valence-corrected chi connectivity index (χ0v) is 12.3. The predicted octanol–water partition coefficient (Wildman–Crippen LogP) is 5.55. The quantitative estimate of drug-likeness (QED) is 0.239. The van der Waals surface area contributed by atoms with Crippen LogP contribution in [0.2, 0.25) is 0 Å². The van der Waals surface area contributed by atoms with Crippen LogP contribution in [0.4, 0.5) is 0 Å². The minimum atomic E-state index is 0.683.